The van der Waals surface area contributed by atoms with Crippen LogP contribution in [0.15, 0.2) is 48.5 Å². The second-order valence-corrected chi connectivity index (χ2v) is 6.09. The molecule has 29 heavy (non-hydrogen) atoms. The standard InChI is InChI=1S/C20H16F3NO5/c1-12(19(26)24-15-6-4-14(5-7-15)20(21,22)23)29-18(25)9-3-13-2-8-16-17(10-13)28-11-27-16/h2-10,12H,11H2,1H3,(H,24,26)/b9-3+/t12-/m1/s1. The quantitative estimate of drug-likeness (QED) is 0.599. The lowest BCUT2D eigenvalue weighted by molar-refractivity contribution is -0.148. The van der Waals surface area contributed by atoms with E-state index in [1.54, 1.807) is 18.2 Å². The van der Waals surface area contributed by atoms with Crippen LogP contribution in [0.1, 0.15) is 18.1 Å². The molecule has 0 aromatic heterocycles. The fraction of sp³-hybridized carbons (Fsp3) is 0.200. The van der Waals surface area contributed by atoms with Crippen molar-refractivity contribution in [3.05, 3.63) is 59.7 Å². The lowest BCUT2D eigenvalue weighted by Crippen LogP contribution is -2.29. The van der Waals surface area contributed by atoms with Crippen LogP contribution >= 0.6 is 0 Å². The Kier molecular flexibility index (Phi) is 5.76. The summed E-state index contributed by atoms with van der Waals surface area (Å²) in [5.41, 5.74) is -0.00140. The highest BCUT2D eigenvalue weighted by atomic mass is 19.4. The third-order valence-electron chi connectivity index (χ3n) is 3.95. The van der Waals surface area contributed by atoms with Crippen molar-refractivity contribution in [3.63, 3.8) is 0 Å². The van der Waals surface area contributed by atoms with Gasteiger partial charge in [0.05, 0.1) is 5.56 Å². The van der Waals surface area contributed by atoms with Crippen LogP contribution in [-0.2, 0) is 20.5 Å². The minimum Gasteiger partial charge on any atom is -0.454 e. The predicted octanol–water partition coefficient (Wildman–Crippen LogP) is 4.02. The van der Waals surface area contributed by atoms with Crippen LogP contribution < -0.4 is 14.8 Å². The van der Waals surface area contributed by atoms with Crippen LogP contribution in [0.3, 0.4) is 0 Å². The normalized spacial score (nSPS) is 13.9. The molecule has 0 spiro atoms. The van der Waals surface area contributed by atoms with Crippen molar-refractivity contribution < 1.29 is 37.0 Å². The van der Waals surface area contributed by atoms with Crippen molar-refractivity contribution in [1.82, 2.24) is 0 Å². The molecular formula is C20H16F3NO5. The Morgan fingerprint density at radius 1 is 1.10 bits per heavy atom. The van der Waals surface area contributed by atoms with Crippen molar-refractivity contribution in [1.29, 1.82) is 0 Å². The molecule has 1 atom stereocenters. The van der Waals surface area contributed by atoms with Gasteiger partial charge in [0.25, 0.3) is 5.91 Å². The Morgan fingerprint density at radius 2 is 1.79 bits per heavy atom. The molecule has 6 nitrogen and oxygen atoms in total. The van der Waals surface area contributed by atoms with Crippen molar-refractivity contribution in [2.75, 3.05) is 12.1 Å². The van der Waals surface area contributed by atoms with Crippen LogP contribution in [0.2, 0.25) is 0 Å². The average molecular weight is 407 g/mol. The second kappa shape index (κ2) is 8.26. The summed E-state index contributed by atoms with van der Waals surface area (Å²) in [6, 6.07) is 9.04. The Balaban J connectivity index is 1.53. The van der Waals surface area contributed by atoms with E-state index in [4.69, 9.17) is 14.2 Å². The zero-order chi connectivity index (χ0) is 21.0. The Morgan fingerprint density at radius 3 is 2.48 bits per heavy atom. The Labute approximate surface area is 163 Å². The molecule has 152 valence electrons. The van der Waals surface area contributed by atoms with E-state index in [0.29, 0.717) is 17.1 Å². The summed E-state index contributed by atoms with van der Waals surface area (Å²) in [4.78, 5) is 24.0. The summed E-state index contributed by atoms with van der Waals surface area (Å²) in [5.74, 6) is -0.254. The number of rotatable bonds is 5. The maximum absolute atomic E-state index is 12.5. The lowest BCUT2D eigenvalue weighted by atomic mass is 10.2. The second-order valence-electron chi connectivity index (χ2n) is 6.09. The van der Waals surface area contributed by atoms with E-state index >= 15 is 0 Å². The molecule has 3 rings (SSSR count). The number of hydrogen-bond acceptors (Lipinski definition) is 5. The molecule has 0 aliphatic carbocycles. The molecular weight excluding hydrogens is 391 g/mol. The summed E-state index contributed by atoms with van der Waals surface area (Å²) in [7, 11) is 0. The average Bonchev–Trinajstić information content (AvgIpc) is 3.14. The van der Waals surface area contributed by atoms with Gasteiger partial charge in [0.2, 0.25) is 6.79 Å². The van der Waals surface area contributed by atoms with Crippen molar-refractivity contribution in [2.24, 2.45) is 0 Å². The van der Waals surface area contributed by atoms with Gasteiger partial charge in [-0.3, -0.25) is 4.79 Å². The van der Waals surface area contributed by atoms with Gasteiger partial charge in [-0.15, -0.1) is 0 Å². The number of amides is 1. The molecule has 1 N–H and O–H groups in total. The van der Waals surface area contributed by atoms with Crippen molar-refractivity contribution in [3.8, 4) is 11.5 Å². The SMILES string of the molecule is C[C@@H](OC(=O)/C=C/c1ccc2c(c1)OCO2)C(=O)Nc1ccc(C(F)(F)F)cc1. The van der Waals surface area contributed by atoms with Gasteiger partial charge in [-0.1, -0.05) is 6.07 Å². The number of fused-ring (bicyclic) bond motifs is 1. The first-order chi connectivity index (χ1) is 13.7. The van der Waals surface area contributed by atoms with Crippen LogP contribution in [0.5, 0.6) is 11.5 Å². The molecule has 0 fully saturated rings. The molecule has 0 bridgehead atoms. The minimum atomic E-state index is -4.46. The number of hydrogen-bond donors (Lipinski definition) is 1. The van der Waals surface area contributed by atoms with Gasteiger partial charge in [-0.25, -0.2) is 4.79 Å². The zero-order valence-corrected chi connectivity index (χ0v) is 15.2. The first-order valence-electron chi connectivity index (χ1n) is 8.49. The van der Waals surface area contributed by atoms with Crippen molar-refractivity contribution in [2.45, 2.75) is 19.2 Å². The largest absolute Gasteiger partial charge is 0.454 e. The van der Waals surface area contributed by atoms with Gasteiger partial charge in [0.1, 0.15) is 0 Å². The van der Waals surface area contributed by atoms with Gasteiger partial charge in [-0.2, -0.15) is 13.2 Å². The topological polar surface area (TPSA) is 73.9 Å². The molecule has 9 heteroatoms. The maximum Gasteiger partial charge on any atom is 0.416 e. The number of alkyl halides is 3. The first kappa shape index (κ1) is 20.2. The molecule has 0 radical (unpaired) electrons. The summed E-state index contributed by atoms with van der Waals surface area (Å²) in [5, 5.41) is 2.39. The lowest BCUT2D eigenvalue weighted by Gasteiger charge is -2.13. The van der Waals surface area contributed by atoms with E-state index in [0.717, 1.165) is 30.3 Å². The number of halogens is 3. The van der Waals surface area contributed by atoms with E-state index in [1.165, 1.54) is 13.0 Å². The summed E-state index contributed by atoms with van der Waals surface area (Å²) >= 11 is 0. The van der Waals surface area contributed by atoms with Crippen LogP contribution in [-0.4, -0.2) is 24.8 Å². The zero-order valence-electron chi connectivity index (χ0n) is 15.2. The molecule has 0 unspecified atom stereocenters. The van der Waals surface area contributed by atoms with Crippen LogP contribution in [0, 0.1) is 0 Å². The molecule has 0 saturated heterocycles. The fourth-order valence-corrected chi connectivity index (χ4v) is 2.43. The number of anilines is 1. The minimum absolute atomic E-state index is 0.135. The third-order valence-corrected chi connectivity index (χ3v) is 3.95. The first-order valence-corrected chi connectivity index (χ1v) is 8.49. The number of carbonyl (C=O) groups excluding carboxylic acids is 2. The smallest absolute Gasteiger partial charge is 0.416 e. The van der Waals surface area contributed by atoms with E-state index in [1.807, 2.05) is 0 Å². The highest BCUT2D eigenvalue weighted by Gasteiger charge is 2.30. The molecule has 1 aliphatic rings. The third kappa shape index (κ3) is 5.28. The van der Waals surface area contributed by atoms with Crippen LogP contribution in [0.4, 0.5) is 18.9 Å². The number of ether oxygens (including phenoxy) is 3. The van der Waals surface area contributed by atoms with E-state index in [2.05, 4.69) is 5.32 Å². The number of nitrogens with one attached hydrogen (secondary N) is 1. The Bertz CT molecular complexity index is 938. The number of benzene rings is 2. The van der Waals surface area contributed by atoms with E-state index < -0.39 is 29.7 Å². The highest BCUT2D eigenvalue weighted by Crippen LogP contribution is 2.33. The number of esters is 1. The predicted molar refractivity (Wildman–Crippen MR) is 97.2 cm³/mol. The number of carbonyl (C=O) groups is 2. The summed E-state index contributed by atoms with van der Waals surface area (Å²) in [6.45, 7) is 1.49. The van der Waals surface area contributed by atoms with Gasteiger partial charge in [0, 0.05) is 11.8 Å². The van der Waals surface area contributed by atoms with Gasteiger partial charge in [-0.05, 0) is 55.0 Å². The van der Waals surface area contributed by atoms with Gasteiger partial charge in [0.15, 0.2) is 17.6 Å². The summed E-state index contributed by atoms with van der Waals surface area (Å²) in [6.07, 6.45) is -2.97. The molecule has 2 aromatic carbocycles. The van der Waals surface area contributed by atoms with E-state index in [-0.39, 0.29) is 12.5 Å². The van der Waals surface area contributed by atoms with Crippen LogP contribution in [0.25, 0.3) is 6.08 Å². The maximum atomic E-state index is 12.5. The fourth-order valence-electron chi connectivity index (χ4n) is 2.43. The molecule has 1 aliphatic heterocycles. The molecule has 0 saturated carbocycles. The Hall–Kier alpha value is -3.49. The summed E-state index contributed by atoms with van der Waals surface area (Å²) < 4.78 is 53.1. The monoisotopic (exact) mass is 407 g/mol. The molecule has 1 amide bonds. The molecule has 1 heterocycles. The van der Waals surface area contributed by atoms with Crippen molar-refractivity contribution >= 4 is 23.6 Å². The van der Waals surface area contributed by atoms with Gasteiger partial charge < -0.3 is 19.5 Å². The van der Waals surface area contributed by atoms with E-state index in [9.17, 15) is 22.8 Å². The van der Waals surface area contributed by atoms with Gasteiger partial charge >= 0.3 is 12.1 Å². The highest BCUT2D eigenvalue weighted by molar-refractivity contribution is 5.96. The molecule has 2 aromatic rings.